The second-order valence-corrected chi connectivity index (χ2v) is 5.86. The van der Waals surface area contributed by atoms with Gasteiger partial charge < -0.3 is 10.6 Å². The van der Waals surface area contributed by atoms with Gasteiger partial charge in [0.05, 0.1) is 10.0 Å². The Morgan fingerprint density at radius 2 is 2.32 bits per heavy atom. The average molecular weight is 329 g/mol. The monoisotopic (exact) mass is 328 g/mol. The number of hydrogen-bond donors (Lipinski definition) is 2. The number of halogens is 2. The maximum atomic E-state index is 13.4. The summed E-state index contributed by atoms with van der Waals surface area (Å²) in [7, 11) is 0. The Bertz CT molecular complexity index is 498. The molecule has 5 heteroatoms. The molecular formula is C14H18BrFN2O. The van der Waals surface area contributed by atoms with Crippen LogP contribution in [0.1, 0.15) is 31.7 Å². The van der Waals surface area contributed by atoms with E-state index in [0.29, 0.717) is 10.2 Å². The molecule has 0 spiro atoms. The normalized spacial score (nSPS) is 22.5. The summed E-state index contributed by atoms with van der Waals surface area (Å²) in [6.07, 6.45) is 2.60. The van der Waals surface area contributed by atoms with E-state index in [-0.39, 0.29) is 11.7 Å². The lowest BCUT2D eigenvalue weighted by Crippen LogP contribution is -2.50. The highest BCUT2D eigenvalue weighted by atomic mass is 79.9. The maximum Gasteiger partial charge on any atom is 0.244 e. The lowest BCUT2D eigenvalue weighted by molar-refractivity contribution is -0.122. The molecule has 1 aliphatic rings. The lowest BCUT2D eigenvalue weighted by atomic mass is 9.93. The summed E-state index contributed by atoms with van der Waals surface area (Å²) < 4.78 is 13.7. The standard InChI is InChI=1S/C14H18BrFN2O/c1-3-14(5-4-6-17-14)13(19)18-12-8-10(15)11(16)7-9(12)2/h7-8,17H,3-6H2,1-2H3,(H,18,19). The maximum absolute atomic E-state index is 13.4. The molecule has 0 saturated carbocycles. The Morgan fingerprint density at radius 3 is 2.89 bits per heavy atom. The minimum Gasteiger partial charge on any atom is -0.324 e. The van der Waals surface area contributed by atoms with E-state index in [1.165, 1.54) is 6.07 Å². The molecule has 2 rings (SSSR count). The number of carbonyl (C=O) groups is 1. The van der Waals surface area contributed by atoms with E-state index in [4.69, 9.17) is 0 Å². The van der Waals surface area contributed by atoms with Crippen LogP contribution in [0.4, 0.5) is 10.1 Å². The van der Waals surface area contributed by atoms with E-state index in [0.717, 1.165) is 31.4 Å². The summed E-state index contributed by atoms with van der Waals surface area (Å²) in [6.45, 7) is 4.66. The van der Waals surface area contributed by atoms with Crippen molar-refractivity contribution in [2.45, 2.75) is 38.6 Å². The van der Waals surface area contributed by atoms with Crippen molar-refractivity contribution in [2.75, 3.05) is 11.9 Å². The first-order valence-electron chi connectivity index (χ1n) is 6.50. The Kier molecular flexibility index (Phi) is 4.26. The van der Waals surface area contributed by atoms with Gasteiger partial charge in [-0.1, -0.05) is 6.92 Å². The van der Waals surface area contributed by atoms with Crippen LogP contribution < -0.4 is 10.6 Å². The number of anilines is 1. The first-order chi connectivity index (χ1) is 8.98. The minimum atomic E-state index is -0.479. The number of aryl methyl sites for hydroxylation is 1. The predicted molar refractivity (Wildman–Crippen MR) is 77.7 cm³/mol. The molecule has 1 amide bonds. The largest absolute Gasteiger partial charge is 0.324 e. The van der Waals surface area contributed by atoms with Crippen molar-refractivity contribution in [3.63, 3.8) is 0 Å². The van der Waals surface area contributed by atoms with Gasteiger partial charge in [0.2, 0.25) is 5.91 Å². The van der Waals surface area contributed by atoms with Crippen LogP contribution in [-0.2, 0) is 4.79 Å². The van der Waals surface area contributed by atoms with Gasteiger partial charge in [0, 0.05) is 5.69 Å². The fourth-order valence-electron chi connectivity index (χ4n) is 2.49. The third kappa shape index (κ3) is 2.82. The van der Waals surface area contributed by atoms with Crippen molar-refractivity contribution in [1.82, 2.24) is 5.32 Å². The quantitative estimate of drug-likeness (QED) is 0.893. The van der Waals surface area contributed by atoms with Crippen molar-refractivity contribution < 1.29 is 9.18 Å². The molecule has 1 fully saturated rings. The van der Waals surface area contributed by atoms with Gasteiger partial charge >= 0.3 is 0 Å². The summed E-state index contributed by atoms with van der Waals surface area (Å²) in [5.41, 5.74) is 0.894. The summed E-state index contributed by atoms with van der Waals surface area (Å²) >= 11 is 3.14. The molecule has 1 unspecified atom stereocenters. The van der Waals surface area contributed by atoms with E-state index < -0.39 is 5.54 Å². The average Bonchev–Trinajstić information content (AvgIpc) is 2.86. The Hall–Kier alpha value is -0.940. The first-order valence-corrected chi connectivity index (χ1v) is 7.30. The summed E-state index contributed by atoms with van der Waals surface area (Å²) in [4.78, 5) is 12.4. The van der Waals surface area contributed by atoms with E-state index in [9.17, 15) is 9.18 Å². The van der Waals surface area contributed by atoms with Crippen LogP contribution in [0.25, 0.3) is 0 Å². The second kappa shape index (κ2) is 5.59. The van der Waals surface area contributed by atoms with Crippen LogP contribution in [-0.4, -0.2) is 18.0 Å². The van der Waals surface area contributed by atoms with E-state index in [1.54, 1.807) is 13.0 Å². The number of amides is 1. The predicted octanol–water partition coefficient (Wildman–Crippen LogP) is 3.37. The minimum absolute atomic E-state index is 0.0332. The molecule has 1 aliphatic heterocycles. The molecule has 1 aromatic carbocycles. The summed E-state index contributed by atoms with van der Waals surface area (Å²) in [5.74, 6) is -0.353. The molecule has 2 N–H and O–H groups in total. The third-order valence-corrected chi connectivity index (χ3v) is 4.41. The molecule has 3 nitrogen and oxygen atoms in total. The molecule has 0 bridgehead atoms. The zero-order valence-electron chi connectivity index (χ0n) is 11.1. The number of benzene rings is 1. The molecule has 0 radical (unpaired) electrons. The smallest absolute Gasteiger partial charge is 0.244 e. The second-order valence-electron chi connectivity index (χ2n) is 5.00. The molecular weight excluding hydrogens is 311 g/mol. The highest BCUT2D eigenvalue weighted by molar-refractivity contribution is 9.10. The van der Waals surface area contributed by atoms with Gasteiger partial charge in [-0.05, 0) is 66.4 Å². The zero-order chi connectivity index (χ0) is 14.0. The number of nitrogens with one attached hydrogen (secondary N) is 2. The molecule has 1 aromatic rings. The molecule has 1 atom stereocenters. The van der Waals surface area contributed by atoms with Gasteiger partial charge in [0.25, 0.3) is 0 Å². The Balaban J connectivity index is 2.21. The number of rotatable bonds is 3. The van der Waals surface area contributed by atoms with Crippen molar-refractivity contribution in [3.8, 4) is 0 Å². The van der Waals surface area contributed by atoms with Crippen molar-refractivity contribution in [1.29, 1.82) is 0 Å². The van der Waals surface area contributed by atoms with Gasteiger partial charge in [-0.3, -0.25) is 4.79 Å². The van der Waals surface area contributed by atoms with E-state index in [2.05, 4.69) is 26.6 Å². The topological polar surface area (TPSA) is 41.1 Å². The number of carbonyl (C=O) groups excluding carboxylic acids is 1. The van der Waals surface area contributed by atoms with Crippen molar-refractivity contribution >= 4 is 27.5 Å². The van der Waals surface area contributed by atoms with Crippen LogP contribution in [0.2, 0.25) is 0 Å². The van der Waals surface area contributed by atoms with Crippen LogP contribution in [0, 0.1) is 12.7 Å². The van der Waals surface area contributed by atoms with E-state index >= 15 is 0 Å². The molecule has 0 aliphatic carbocycles. The van der Waals surface area contributed by atoms with Crippen LogP contribution in [0.3, 0.4) is 0 Å². The van der Waals surface area contributed by atoms with E-state index in [1.807, 2.05) is 6.92 Å². The fourth-order valence-corrected chi connectivity index (χ4v) is 2.83. The van der Waals surface area contributed by atoms with Gasteiger partial charge in [-0.2, -0.15) is 0 Å². The van der Waals surface area contributed by atoms with Crippen LogP contribution in [0.15, 0.2) is 16.6 Å². The van der Waals surface area contributed by atoms with Crippen molar-refractivity contribution in [2.24, 2.45) is 0 Å². The highest BCUT2D eigenvalue weighted by Gasteiger charge is 2.39. The van der Waals surface area contributed by atoms with Gasteiger partial charge in [0.1, 0.15) is 5.82 Å². The van der Waals surface area contributed by atoms with Crippen molar-refractivity contribution in [3.05, 3.63) is 28.0 Å². The van der Waals surface area contributed by atoms with Gasteiger partial charge in [-0.25, -0.2) is 4.39 Å². The molecule has 0 aromatic heterocycles. The lowest BCUT2D eigenvalue weighted by Gasteiger charge is -2.27. The van der Waals surface area contributed by atoms with Gasteiger partial charge in [-0.15, -0.1) is 0 Å². The van der Waals surface area contributed by atoms with Gasteiger partial charge in [0.15, 0.2) is 0 Å². The Morgan fingerprint density at radius 1 is 1.58 bits per heavy atom. The van der Waals surface area contributed by atoms with Crippen LogP contribution in [0.5, 0.6) is 0 Å². The molecule has 1 heterocycles. The molecule has 104 valence electrons. The molecule has 19 heavy (non-hydrogen) atoms. The first kappa shape index (κ1) is 14.5. The number of hydrogen-bond acceptors (Lipinski definition) is 2. The third-order valence-electron chi connectivity index (χ3n) is 3.80. The Labute approximate surface area is 121 Å². The van der Waals surface area contributed by atoms with Crippen LogP contribution >= 0.6 is 15.9 Å². The SMILES string of the molecule is CCC1(C(=O)Nc2cc(Br)c(F)cc2C)CCCN1. The summed E-state index contributed by atoms with van der Waals surface area (Å²) in [5, 5.41) is 6.20. The zero-order valence-corrected chi connectivity index (χ0v) is 12.7. The molecule has 1 saturated heterocycles. The fraction of sp³-hybridized carbons (Fsp3) is 0.500. The summed E-state index contributed by atoms with van der Waals surface area (Å²) in [6, 6.07) is 3.03. The highest BCUT2D eigenvalue weighted by Crippen LogP contribution is 2.28.